The van der Waals surface area contributed by atoms with Gasteiger partial charge in [0.05, 0.1) is 18.6 Å². The van der Waals surface area contributed by atoms with Crippen molar-refractivity contribution in [1.29, 1.82) is 0 Å². The van der Waals surface area contributed by atoms with Crippen molar-refractivity contribution < 1.29 is 19.1 Å². The van der Waals surface area contributed by atoms with E-state index in [1.165, 1.54) is 0 Å². The van der Waals surface area contributed by atoms with Crippen LogP contribution in [0.2, 0.25) is 0 Å². The Morgan fingerprint density at radius 3 is 2.17 bits per heavy atom. The molecule has 134 valence electrons. The maximum absolute atomic E-state index is 12.1. The summed E-state index contributed by atoms with van der Waals surface area (Å²) < 4.78 is 11.5. The van der Waals surface area contributed by atoms with Gasteiger partial charge < -0.3 is 19.3 Å². The molecule has 0 N–H and O–H groups in total. The molecule has 0 atom stereocenters. The highest BCUT2D eigenvalue weighted by molar-refractivity contribution is 5.75. The molecule has 6 nitrogen and oxygen atoms in total. The van der Waals surface area contributed by atoms with E-state index in [2.05, 4.69) is 6.92 Å². The fourth-order valence-corrected chi connectivity index (χ4v) is 2.60. The van der Waals surface area contributed by atoms with Gasteiger partial charge in [-0.1, -0.05) is 6.92 Å². The van der Waals surface area contributed by atoms with Crippen LogP contribution in [0.3, 0.4) is 0 Å². The number of carbonyl (C=O) groups is 2. The molecular formula is C17H32N2O4. The molecule has 0 aromatic heterocycles. The number of hydrogen-bond acceptors (Lipinski definition) is 4. The molecule has 0 bridgehead atoms. The second-order valence-electron chi connectivity index (χ2n) is 7.39. The van der Waals surface area contributed by atoms with Crippen LogP contribution in [-0.4, -0.2) is 66.8 Å². The molecule has 1 rings (SSSR count). The van der Waals surface area contributed by atoms with Crippen molar-refractivity contribution in [2.75, 3.05) is 33.8 Å². The van der Waals surface area contributed by atoms with Crippen molar-refractivity contribution in [2.24, 2.45) is 0 Å². The molecule has 1 aliphatic heterocycles. The molecule has 0 unspecified atom stereocenters. The lowest BCUT2D eigenvalue weighted by atomic mass is 9.88. The van der Waals surface area contributed by atoms with Crippen molar-refractivity contribution in [1.82, 2.24) is 9.80 Å². The fourth-order valence-electron chi connectivity index (χ4n) is 2.60. The first-order valence-electron chi connectivity index (χ1n) is 8.40. The molecule has 0 aromatic carbocycles. The van der Waals surface area contributed by atoms with Crippen molar-refractivity contribution in [3.05, 3.63) is 0 Å². The number of hydrogen-bond donors (Lipinski definition) is 0. The lowest BCUT2D eigenvalue weighted by molar-refractivity contribution is -0.133. The molecule has 0 radical (unpaired) electrons. The van der Waals surface area contributed by atoms with Gasteiger partial charge in [-0.25, -0.2) is 4.79 Å². The highest BCUT2D eigenvalue weighted by Crippen LogP contribution is 2.30. The monoisotopic (exact) mass is 328 g/mol. The summed E-state index contributed by atoms with van der Waals surface area (Å²) in [6, 6.07) is 0. The van der Waals surface area contributed by atoms with E-state index >= 15 is 0 Å². The minimum absolute atomic E-state index is 0.0717. The van der Waals surface area contributed by atoms with Crippen molar-refractivity contribution >= 4 is 12.0 Å². The number of piperidine rings is 1. The topological polar surface area (TPSA) is 59.1 Å². The Kier molecular flexibility index (Phi) is 6.86. The van der Waals surface area contributed by atoms with Crippen LogP contribution >= 0.6 is 0 Å². The van der Waals surface area contributed by atoms with E-state index in [1.54, 1.807) is 23.9 Å². The number of likely N-dealkylation sites (tertiary alicyclic amines) is 1. The third-order valence-electron chi connectivity index (χ3n) is 4.19. The van der Waals surface area contributed by atoms with E-state index in [0.717, 1.165) is 19.3 Å². The molecule has 0 spiro atoms. The van der Waals surface area contributed by atoms with Crippen LogP contribution in [0, 0.1) is 0 Å². The van der Waals surface area contributed by atoms with Crippen LogP contribution in [0.25, 0.3) is 0 Å². The molecule has 2 amide bonds. The number of rotatable bonds is 5. The first-order chi connectivity index (χ1) is 10.6. The summed E-state index contributed by atoms with van der Waals surface area (Å²) in [6.45, 7) is 9.39. The van der Waals surface area contributed by atoms with Gasteiger partial charge >= 0.3 is 6.09 Å². The van der Waals surface area contributed by atoms with E-state index in [4.69, 9.17) is 9.47 Å². The van der Waals surface area contributed by atoms with E-state index in [9.17, 15) is 9.59 Å². The van der Waals surface area contributed by atoms with Crippen LogP contribution in [0.15, 0.2) is 0 Å². The minimum atomic E-state index is -0.473. The highest BCUT2D eigenvalue weighted by atomic mass is 16.6. The van der Waals surface area contributed by atoms with E-state index in [1.807, 2.05) is 20.8 Å². The molecule has 23 heavy (non-hydrogen) atoms. The molecule has 1 heterocycles. The van der Waals surface area contributed by atoms with Crippen LogP contribution in [0.4, 0.5) is 4.79 Å². The summed E-state index contributed by atoms with van der Waals surface area (Å²) >= 11 is 0. The Labute approximate surface area is 140 Å². The molecule has 0 aromatic rings. The largest absolute Gasteiger partial charge is 0.444 e. The SMILES string of the molecule is CCC1(OCCC(=O)N(C)C)CCN(C(=O)OC(C)(C)C)CC1. The average molecular weight is 328 g/mol. The zero-order valence-corrected chi connectivity index (χ0v) is 15.5. The Hall–Kier alpha value is -1.30. The van der Waals surface area contributed by atoms with E-state index in [-0.39, 0.29) is 17.6 Å². The minimum Gasteiger partial charge on any atom is -0.444 e. The second-order valence-corrected chi connectivity index (χ2v) is 7.39. The Bertz CT molecular complexity index is 407. The summed E-state index contributed by atoms with van der Waals surface area (Å²) in [5.74, 6) is 0.0717. The first-order valence-corrected chi connectivity index (χ1v) is 8.40. The van der Waals surface area contributed by atoms with Gasteiger partial charge in [-0.3, -0.25) is 4.79 Å². The number of nitrogens with zero attached hydrogens (tertiary/aromatic N) is 2. The maximum Gasteiger partial charge on any atom is 0.410 e. The standard InChI is InChI=1S/C17H32N2O4/c1-7-17(22-13-8-14(20)18(5)6)9-11-19(12-10-17)15(21)23-16(2,3)4/h7-13H2,1-6H3. The fraction of sp³-hybridized carbons (Fsp3) is 0.882. The van der Waals surface area contributed by atoms with Gasteiger partial charge in [0.1, 0.15) is 5.60 Å². The third-order valence-corrected chi connectivity index (χ3v) is 4.19. The van der Waals surface area contributed by atoms with Gasteiger partial charge in [0.25, 0.3) is 0 Å². The van der Waals surface area contributed by atoms with Crippen LogP contribution in [0.5, 0.6) is 0 Å². The van der Waals surface area contributed by atoms with Crippen molar-refractivity contribution in [2.45, 2.75) is 64.6 Å². The summed E-state index contributed by atoms with van der Waals surface area (Å²) in [5, 5.41) is 0. The summed E-state index contributed by atoms with van der Waals surface area (Å²) in [6.07, 6.45) is 2.57. The Morgan fingerprint density at radius 2 is 1.74 bits per heavy atom. The lowest BCUT2D eigenvalue weighted by Crippen LogP contribution is -2.49. The molecule has 6 heteroatoms. The molecule has 0 saturated carbocycles. The maximum atomic E-state index is 12.1. The number of carbonyl (C=O) groups excluding carboxylic acids is 2. The van der Waals surface area contributed by atoms with E-state index in [0.29, 0.717) is 26.1 Å². The Morgan fingerprint density at radius 1 is 1.17 bits per heavy atom. The number of ether oxygens (including phenoxy) is 2. The van der Waals surface area contributed by atoms with Crippen molar-refractivity contribution in [3.63, 3.8) is 0 Å². The molecular weight excluding hydrogens is 296 g/mol. The quantitative estimate of drug-likeness (QED) is 0.778. The third kappa shape index (κ3) is 6.37. The molecule has 1 fully saturated rings. The average Bonchev–Trinajstić information content (AvgIpc) is 2.45. The van der Waals surface area contributed by atoms with Crippen molar-refractivity contribution in [3.8, 4) is 0 Å². The summed E-state index contributed by atoms with van der Waals surface area (Å²) in [4.78, 5) is 27.1. The zero-order chi connectivity index (χ0) is 17.7. The molecule has 1 aliphatic rings. The molecule has 1 saturated heterocycles. The summed E-state index contributed by atoms with van der Waals surface area (Å²) in [7, 11) is 3.49. The normalized spacial score (nSPS) is 17.7. The zero-order valence-electron chi connectivity index (χ0n) is 15.5. The smallest absolute Gasteiger partial charge is 0.410 e. The van der Waals surface area contributed by atoms with E-state index < -0.39 is 5.60 Å². The molecule has 0 aliphatic carbocycles. The summed E-state index contributed by atoms with van der Waals surface area (Å²) in [5.41, 5.74) is -0.704. The second kappa shape index (κ2) is 7.99. The van der Waals surface area contributed by atoms with Crippen LogP contribution in [0.1, 0.15) is 53.4 Å². The van der Waals surface area contributed by atoms with Gasteiger partial charge in [0.15, 0.2) is 0 Å². The van der Waals surface area contributed by atoms with Crippen LogP contribution < -0.4 is 0 Å². The number of amides is 2. The van der Waals surface area contributed by atoms with Gasteiger partial charge in [0.2, 0.25) is 5.91 Å². The van der Waals surface area contributed by atoms with Crippen LogP contribution in [-0.2, 0) is 14.3 Å². The predicted molar refractivity (Wildman–Crippen MR) is 89.3 cm³/mol. The Balaban J connectivity index is 2.47. The predicted octanol–water partition coefficient (Wildman–Crippen LogP) is 2.66. The van der Waals surface area contributed by atoms with Gasteiger partial charge in [-0.2, -0.15) is 0 Å². The lowest BCUT2D eigenvalue weighted by Gasteiger charge is -2.41. The van der Waals surface area contributed by atoms with Gasteiger partial charge in [-0.05, 0) is 40.0 Å². The first kappa shape index (κ1) is 19.7. The highest BCUT2D eigenvalue weighted by Gasteiger charge is 2.36. The van der Waals surface area contributed by atoms with Gasteiger partial charge in [0, 0.05) is 27.2 Å². The van der Waals surface area contributed by atoms with Gasteiger partial charge in [-0.15, -0.1) is 0 Å².